The van der Waals surface area contributed by atoms with Crippen LogP contribution in [0.1, 0.15) is 19.8 Å². The molecular weight excluding hydrogens is 352 g/mol. The molecule has 8 nitrogen and oxygen atoms in total. The van der Waals surface area contributed by atoms with Gasteiger partial charge in [-0.3, -0.25) is 0 Å². The van der Waals surface area contributed by atoms with E-state index in [9.17, 15) is 0 Å². The maximum Gasteiger partial charge on any atom is 0.502 e. The van der Waals surface area contributed by atoms with Gasteiger partial charge in [0.25, 0.3) is 0 Å². The van der Waals surface area contributed by atoms with E-state index in [1.165, 1.54) is 0 Å². The van der Waals surface area contributed by atoms with Gasteiger partial charge in [0.1, 0.15) is 5.22 Å². The lowest BCUT2D eigenvalue weighted by Gasteiger charge is -2.64. The van der Waals surface area contributed by atoms with Crippen molar-refractivity contribution in [3.05, 3.63) is 0 Å². The fourth-order valence-electron chi connectivity index (χ4n) is 3.75. The summed E-state index contributed by atoms with van der Waals surface area (Å²) in [4.78, 5) is 0. The minimum absolute atomic E-state index is 0.299. The maximum atomic E-state index is 6.23. The second-order valence-electron chi connectivity index (χ2n) is 6.28. The van der Waals surface area contributed by atoms with Crippen LogP contribution in [0.4, 0.5) is 0 Å². The zero-order chi connectivity index (χ0) is 18.1. The van der Waals surface area contributed by atoms with Gasteiger partial charge in [-0.05, 0) is 6.92 Å². The van der Waals surface area contributed by atoms with E-state index in [1.54, 1.807) is 42.7 Å². The number of hydrogen-bond acceptors (Lipinski definition) is 8. The van der Waals surface area contributed by atoms with Crippen molar-refractivity contribution in [3.63, 3.8) is 0 Å². The Labute approximate surface area is 146 Å². The van der Waals surface area contributed by atoms with Gasteiger partial charge in [0.15, 0.2) is 6.29 Å². The third-order valence-electron chi connectivity index (χ3n) is 5.56. The van der Waals surface area contributed by atoms with E-state index >= 15 is 0 Å². The van der Waals surface area contributed by atoms with Crippen molar-refractivity contribution in [1.29, 1.82) is 0 Å². The maximum absolute atomic E-state index is 6.23. The Bertz CT molecular complexity index is 409. The van der Waals surface area contributed by atoms with Gasteiger partial charge in [0, 0.05) is 55.5 Å². The van der Waals surface area contributed by atoms with E-state index in [2.05, 4.69) is 0 Å². The molecule has 2 fully saturated rings. The normalized spacial score (nSPS) is 33.9. The van der Waals surface area contributed by atoms with Crippen LogP contribution in [0, 0.1) is 0 Å². The highest BCUT2D eigenvalue weighted by atomic mass is 28.4. The van der Waals surface area contributed by atoms with Crippen LogP contribution in [0.15, 0.2) is 0 Å². The topological polar surface area (TPSA) is 73.8 Å². The van der Waals surface area contributed by atoms with Crippen LogP contribution < -0.4 is 0 Å². The van der Waals surface area contributed by atoms with E-state index in [0.29, 0.717) is 18.7 Å². The summed E-state index contributed by atoms with van der Waals surface area (Å²) >= 11 is 0. The molecule has 0 bridgehead atoms. The third-order valence-corrected chi connectivity index (χ3v) is 14.4. The van der Waals surface area contributed by atoms with Gasteiger partial charge < -0.3 is 36.3 Å². The summed E-state index contributed by atoms with van der Waals surface area (Å²) in [5.74, 6) is 0. The van der Waals surface area contributed by atoms with Gasteiger partial charge in [0.05, 0.1) is 17.9 Å². The fraction of sp³-hybridized carbons (Fsp3) is 1.00. The Kier molecular flexibility index (Phi) is 6.29. The summed E-state index contributed by atoms with van der Waals surface area (Å²) in [5.41, 5.74) is -0.0957. The molecule has 0 spiro atoms. The molecule has 0 radical (unpaired) electrons. The van der Waals surface area contributed by atoms with E-state index in [4.69, 9.17) is 36.3 Å². The van der Waals surface area contributed by atoms with Gasteiger partial charge in [-0.1, -0.05) is 0 Å². The highest BCUT2D eigenvalue weighted by Crippen LogP contribution is 2.55. The van der Waals surface area contributed by atoms with Gasteiger partial charge >= 0.3 is 17.4 Å². The molecule has 0 saturated carbocycles. The molecular formula is C14H30O8Si2. The van der Waals surface area contributed by atoms with Crippen molar-refractivity contribution < 1.29 is 36.3 Å². The van der Waals surface area contributed by atoms with Gasteiger partial charge in [-0.15, -0.1) is 0 Å². The molecule has 2 saturated heterocycles. The lowest BCUT2D eigenvalue weighted by molar-refractivity contribution is -0.357. The van der Waals surface area contributed by atoms with Crippen LogP contribution in [0.2, 0.25) is 5.67 Å². The summed E-state index contributed by atoms with van der Waals surface area (Å²) in [7, 11) is 3.69. The van der Waals surface area contributed by atoms with Crippen LogP contribution in [-0.2, 0) is 36.3 Å². The smallest absolute Gasteiger partial charge is 0.396 e. The van der Waals surface area contributed by atoms with Crippen molar-refractivity contribution in [2.75, 3.05) is 49.3 Å². The molecule has 0 aromatic heterocycles. The molecule has 0 aromatic rings. The zero-order valence-electron chi connectivity index (χ0n) is 15.7. The Morgan fingerprint density at radius 2 is 1.46 bits per heavy atom. The Hall–Kier alpha value is 0.114. The number of ether oxygens (including phenoxy) is 3. The number of hydrogen-bond donors (Lipinski definition) is 0. The second kappa shape index (κ2) is 7.39. The molecule has 0 amide bonds. The lowest BCUT2D eigenvalue weighted by atomic mass is 9.84. The first-order valence-electron chi connectivity index (χ1n) is 7.96. The quantitative estimate of drug-likeness (QED) is 0.518. The average molecular weight is 383 g/mol. The third kappa shape index (κ3) is 2.82. The second-order valence-corrected chi connectivity index (χ2v) is 13.4. The first-order chi connectivity index (χ1) is 11.4. The van der Waals surface area contributed by atoms with Gasteiger partial charge in [-0.2, -0.15) is 0 Å². The summed E-state index contributed by atoms with van der Waals surface area (Å²) in [6.45, 7) is 2.73. The van der Waals surface area contributed by atoms with Crippen LogP contribution in [-0.4, -0.2) is 83.7 Å². The SMILES string of the molecule is COC1CC(C2(C)CCO2)([Si](C[Si](OC)(OC)OC)(OC)OC)O1. The van der Waals surface area contributed by atoms with Crippen molar-refractivity contribution in [2.24, 2.45) is 0 Å². The monoisotopic (exact) mass is 382 g/mol. The standard InChI is InChI=1S/C14H30O8Si2/c1-13(8-9-21-13)14(10-12(15-2)22-14)23(16-3,17-4)11-24(18-5,19-6)20-7/h12H,8-11H2,1-7H3. The first-order valence-corrected chi connectivity index (χ1v) is 11.9. The lowest BCUT2D eigenvalue weighted by Crippen LogP contribution is -2.83. The highest BCUT2D eigenvalue weighted by Gasteiger charge is 2.77. The molecule has 2 heterocycles. The summed E-state index contributed by atoms with van der Waals surface area (Å²) in [5, 5.41) is -0.712. The zero-order valence-corrected chi connectivity index (χ0v) is 17.7. The first kappa shape index (κ1) is 20.4. The molecule has 0 aromatic carbocycles. The fourth-order valence-corrected chi connectivity index (χ4v) is 13.2. The molecule has 3 unspecified atom stereocenters. The van der Waals surface area contributed by atoms with E-state index in [1.807, 2.05) is 6.92 Å². The van der Waals surface area contributed by atoms with Crippen molar-refractivity contribution in [3.8, 4) is 0 Å². The Morgan fingerprint density at radius 3 is 1.75 bits per heavy atom. The van der Waals surface area contributed by atoms with Crippen molar-refractivity contribution in [1.82, 2.24) is 0 Å². The molecule has 2 rings (SSSR count). The summed E-state index contributed by atoms with van der Waals surface area (Å²) in [6, 6.07) is 0. The van der Waals surface area contributed by atoms with Gasteiger partial charge in [-0.25, -0.2) is 0 Å². The number of methoxy groups -OCH3 is 1. The van der Waals surface area contributed by atoms with Crippen LogP contribution >= 0.6 is 0 Å². The predicted octanol–water partition coefficient (Wildman–Crippen LogP) is 0.989. The highest BCUT2D eigenvalue weighted by molar-refractivity contribution is 6.85. The van der Waals surface area contributed by atoms with Crippen molar-refractivity contribution >= 4 is 17.4 Å². The van der Waals surface area contributed by atoms with Crippen LogP contribution in [0.25, 0.3) is 0 Å². The molecule has 0 aliphatic carbocycles. The molecule has 2 aliphatic rings. The largest absolute Gasteiger partial charge is 0.502 e. The van der Waals surface area contributed by atoms with Crippen LogP contribution in [0.3, 0.4) is 0 Å². The molecule has 24 heavy (non-hydrogen) atoms. The summed E-state index contributed by atoms with van der Waals surface area (Å²) in [6.07, 6.45) is 1.20. The average Bonchev–Trinajstić information content (AvgIpc) is 2.56. The predicted molar refractivity (Wildman–Crippen MR) is 89.6 cm³/mol. The van der Waals surface area contributed by atoms with Crippen LogP contribution in [0.5, 0.6) is 0 Å². The molecule has 10 heteroatoms. The van der Waals surface area contributed by atoms with E-state index < -0.39 is 28.2 Å². The summed E-state index contributed by atoms with van der Waals surface area (Å²) < 4.78 is 46.4. The number of rotatable bonds is 10. The van der Waals surface area contributed by atoms with Gasteiger partial charge in [0.2, 0.25) is 0 Å². The van der Waals surface area contributed by atoms with E-state index in [-0.39, 0.29) is 6.29 Å². The molecule has 0 N–H and O–H groups in total. The minimum atomic E-state index is -3.01. The van der Waals surface area contributed by atoms with E-state index in [0.717, 1.165) is 6.42 Å². The minimum Gasteiger partial charge on any atom is -0.396 e. The molecule has 2 aliphatic heterocycles. The molecule has 142 valence electrons. The Balaban J connectivity index is 2.42. The Morgan fingerprint density at radius 1 is 0.958 bits per heavy atom. The molecule has 3 atom stereocenters. The van der Waals surface area contributed by atoms with Crippen molar-refractivity contribution in [2.45, 2.75) is 42.5 Å².